The van der Waals surface area contributed by atoms with Crippen LogP contribution in [0.2, 0.25) is 0 Å². The van der Waals surface area contributed by atoms with Crippen LogP contribution in [0.25, 0.3) is 0 Å². The Morgan fingerprint density at radius 2 is 1.93 bits per heavy atom. The molecular formula is C12H22N2O. The van der Waals surface area contributed by atoms with E-state index in [0.29, 0.717) is 0 Å². The number of amides is 1. The fourth-order valence-corrected chi connectivity index (χ4v) is 2.90. The number of carbonyl (C=O) groups is 1. The molecule has 1 N–H and O–H groups in total. The summed E-state index contributed by atoms with van der Waals surface area (Å²) in [5.74, 6) is 1.05. The fraction of sp³-hybridized carbons (Fsp3) is 0.917. The summed E-state index contributed by atoms with van der Waals surface area (Å²) in [6.45, 7) is 4.81. The smallest absolute Gasteiger partial charge is 0.219 e. The molecular weight excluding hydrogens is 188 g/mol. The molecule has 0 saturated carbocycles. The van der Waals surface area contributed by atoms with Crippen LogP contribution >= 0.6 is 0 Å². The van der Waals surface area contributed by atoms with Gasteiger partial charge in [-0.3, -0.25) is 4.79 Å². The molecule has 0 radical (unpaired) electrons. The molecule has 0 aliphatic carbocycles. The Morgan fingerprint density at radius 3 is 2.47 bits per heavy atom. The molecule has 1 unspecified atom stereocenters. The van der Waals surface area contributed by atoms with Gasteiger partial charge in [-0.2, -0.15) is 0 Å². The van der Waals surface area contributed by atoms with Gasteiger partial charge >= 0.3 is 0 Å². The maximum absolute atomic E-state index is 11.2. The minimum Gasteiger partial charge on any atom is -0.343 e. The van der Waals surface area contributed by atoms with E-state index in [1.54, 1.807) is 6.92 Å². The van der Waals surface area contributed by atoms with Crippen molar-refractivity contribution in [2.45, 2.75) is 45.1 Å². The van der Waals surface area contributed by atoms with Crippen molar-refractivity contribution >= 4 is 5.91 Å². The van der Waals surface area contributed by atoms with Gasteiger partial charge in [0.25, 0.3) is 0 Å². The summed E-state index contributed by atoms with van der Waals surface area (Å²) in [4.78, 5) is 13.2. The van der Waals surface area contributed by atoms with E-state index < -0.39 is 0 Å². The van der Waals surface area contributed by atoms with Gasteiger partial charge in [-0.15, -0.1) is 0 Å². The fourth-order valence-electron chi connectivity index (χ4n) is 2.90. The molecule has 86 valence electrons. The molecule has 0 aromatic heterocycles. The number of nitrogens with zero attached hydrogens (tertiary/aromatic N) is 1. The number of hydrogen-bond acceptors (Lipinski definition) is 2. The van der Waals surface area contributed by atoms with Crippen LogP contribution in [0.3, 0.4) is 0 Å². The average molecular weight is 210 g/mol. The predicted molar refractivity (Wildman–Crippen MR) is 60.6 cm³/mol. The highest BCUT2D eigenvalue weighted by atomic mass is 16.2. The standard InChI is InChI=1S/C12H22N2O/c1-10(15)14-8-5-11(6-9-14)12-4-2-3-7-13-12/h11-13H,2-9H2,1H3. The highest BCUT2D eigenvalue weighted by Crippen LogP contribution is 2.25. The van der Waals surface area contributed by atoms with Crippen molar-refractivity contribution in [1.29, 1.82) is 0 Å². The normalized spacial score (nSPS) is 29.1. The highest BCUT2D eigenvalue weighted by molar-refractivity contribution is 5.73. The third kappa shape index (κ3) is 2.71. The highest BCUT2D eigenvalue weighted by Gasteiger charge is 2.27. The number of piperidine rings is 2. The van der Waals surface area contributed by atoms with Gasteiger partial charge in [-0.25, -0.2) is 0 Å². The Hall–Kier alpha value is -0.570. The van der Waals surface area contributed by atoms with Gasteiger partial charge in [0.05, 0.1) is 0 Å². The maximum atomic E-state index is 11.2. The van der Waals surface area contributed by atoms with E-state index in [0.717, 1.165) is 25.0 Å². The zero-order chi connectivity index (χ0) is 10.7. The Kier molecular flexibility index (Phi) is 3.62. The van der Waals surface area contributed by atoms with Gasteiger partial charge in [0.15, 0.2) is 0 Å². The molecule has 2 aliphatic rings. The lowest BCUT2D eigenvalue weighted by atomic mass is 9.85. The largest absolute Gasteiger partial charge is 0.343 e. The lowest BCUT2D eigenvalue weighted by Crippen LogP contribution is -2.46. The molecule has 3 nitrogen and oxygen atoms in total. The summed E-state index contributed by atoms with van der Waals surface area (Å²) in [6.07, 6.45) is 6.44. The molecule has 1 atom stereocenters. The van der Waals surface area contributed by atoms with Gasteiger partial charge in [-0.05, 0) is 38.1 Å². The summed E-state index contributed by atoms with van der Waals surface area (Å²) >= 11 is 0. The van der Waals surface area contributed by atoms with E-state index in [9.17, 15) is 4.79 Å². The van der Waals surface area contributed by atoms with Crippen LogP contribution in [0.5, 0.6) is 0 Å². The molecule has 2 rings (SSSR count). The van der Waals surface area contributed by atoms with Gasteiger partial charge in [-0.1, -0.05) is 6.42 Å². The van der Waals surface area contributed by atoms with E-state index in [1.165, 1.54) is 38.6 Å². The van der Waals surface area contributed by atoms with Crippen molar-refractivity contribution < 1.29 is 4.79 Å². The monoisotopic (exact) mass is 210 g/mol. The third-order valence-electron chi connectivity index (χ3n) is 3.90. The minimum atomic E-state index is 0.241. The first-order valence-corrected chi connectivity index (χ1v) is 6.26. The molecule has 1 amide bonds. The number of hydrogen-bond donors (Lipinski definition) is 1. The zero-order valence-electron chi connectivity index (χ0n) is 9.67. The van der Waals surface area contributed by atoms with Crippen LogP contribution in [0.4, 0.5) is 0 Å². The molecule has 2 saturated heterocycles. The van der Waals surface area contributed by atoms with Crippen molar-refractivity contribution in [2.75, 3.05) is 19.6 Å². The van der Waals surface area contributed by atoms with E-state index >= 15 is 0 Å². The molecule has 0 aromatic carbocycles. The Balaban J connectivity index is 1.79. The predicted octanol–water partition coefficient (Wildman–Crippen LogP) is 1.39. The van der Waals surface area contributed by atoms with Crippen LogP contribution in [-0.2, 0) is 4.79 Å². The van der Waals surface area contributed by atoms with Crippen LogP contribution < -0.4 is 5.32 Å². The second-order valence-corrected chi connectivity index (χ2v) is 4.90. The zero-order valence-corrected chi connectivity index (χ0v) is 9.67. The second-order valence-electron chi connectivity index (χ2n) is 4.90. The lowest BCUT2D eigenvalue weighted by Gasteiger charge is -2.37. The summed E-state index contributed by atoms with van der Waals surface area (Å²) in [6, 6.07) is 0.729. The van der Waals surface area contributed by atoms with E-state index in [-0.39, 0.29) is 5.91 Å². The quantitative estimate of drug-likeness (QED) is 0.709. The number of nitrogens with one attached hydrogen (secondary N) is 1. The Bertz CT molecular complexity index is 216. The molecule has 2 fully saturated rings. The van der Waals surface area contributed by atoms with Crippen LogP contribution in [-0.4, -0.2) is 36.5 Å². The van der Waals surface area contributed by atoms with Crippen molar-refractivity contribution in [3.63, 3.8) is 0 Å². The van der Waals surface area contributed by atoms with Crippen LogP contribution in [0.15, 0.2) is 0 Å². The van der Waals surface area contributed by atoms with Crippen LogP contribution in [0, 0.1) is 5.92 Å². The molecule has 0 aromatic rings. The van der Waals surface area contributed by atoms with Crippen LogP contribution in [0.1, 0.15) is 39.0 Å². The topological polar surface area (TPSA) is 32.3 Å². The third-order valence-corrected chi connectivity index (χ3v) is 3.90. The first-order chi connectivity index (χ1) is 7.27. The minimum absolute atomic E-state index is 0.241. The first kappa shape index (κ1) is 10.9. The average Bonchev–Trinajstić information content (AvgIpc) is 2.30. The SMILES string of the molecule is CC(=O)N1CCC(C2CCCCN2)CC1. The summed E-state index contributed by atoms with van der Waals surface area (Å²) in [5.41, 5.74) is 0. The van der Waals surface area contributed by atoms with Gasteiger partial charge in [0.2, 0.25) is 5.91 Å². The summed E-state index contributed by atoms with van der Waals surface area (Å²) < 4.78 is 0. The van der Waals surface area contributed by atoms with Gasteiger partial charge in [0, 0.05) is 26.1 Å². The number of carbonyl (C=O) groups excluding carboxylic acids is 1. The van der Waals surface area contributed by atoms with E-state index in [4.69, 9.17) is 0 Å². The molecule has 3 heteroatoms. The van der Waals surface area contributed by atoms with Gasteiger partial charge in [0.1, 0.15) is 0 Å². The van der Waals surface area contributed by atoms with E-state index in [2.05, 4.69) is 5.32 Å². The number of rotatable bonds is 1. The Labute approximate surface area is 92.2 Å². The number of likely N-dealkylation sites (tertiary alicyclic amines) is 1. The molecule has 0 spiro atoms. The van der Waals surface area contributed by atoms with Gasteiger partial charge < -0.3 is 10.2 Å². The lowest BCUT2D eigenvalue weighted by molar-refractivity contribution is -0.130. The summed E-state index contributed by atoms with van der Waals surface area (Å²) in [5, 5.41) is 3.63. The Morgan fingerprint density at radius 1 is 1.20 bits per heavy atom. The van der Waals surface area contributed by atoms with Crippen molar-refractivity contribution in [3.8, 4) is 0 Å². The van der Waals surface area contributed by atoms with E-state index in [1.807, 2.05) is 4.90 Å². The van der Waals surface area contributed by atoms with Crippen molar-refractivity contribution in [2.24, 2.45) is 5.92 Å². The van der Waals surface area contributed by atoms with Crippen molar-refractivity contribution in [1.82, 2.24) is 10.2 Å². The first-order valence-electron chi connectivity index (χ1n) is 6.26. The van der Waals surface area contributed by atoms with Crippen molar-refractivity contribution in [3.05, 3.63) is 0 Å². The molecule has 2 heterocycles. The molecule has 2 aliphatic heterocycles. The molecule has 0 bridgehead atoms. The maximum Gasteiger partial charge on any atom is 0.219 e. The molecule has 15 heavy (non-hydrogen) atoms. The second kappa shape index (κ2) is 4.97. The summed E-state index contributed by atoms with van der Waals surface area (Å²) in [7, 11) is 0.